The predicted octanol–water partition coefficient (Wildman–Crippen LogP) is 4.10. The Labute approximate surface area is 191 Å². The molecule has 9 heteroatoms. The number of aromatic nitrogens is 3. The molecule has 0 amide bonds. The summed E-state index contributed by atoms with van der Waals surface area (Å²) in [5.41, 5.74) is 2.86. The fraction of sp³-hybridized carbons (Fsp3) is 0.261. The van der Waals surface area contributed by atoms with Gasteiger partial charge in [0.05, 0.1) is 10.3 Å². The first-order valence-electron chi connectivity index (χ1n) is 10.4. The topological polar surface area (TPSA) is 88.1 Å². The monoisotopic (exact) mass is 465 g/mol. The van der Waals surface area contributed by atoms with Crippen molar-refractivity contribution in [2.45, 2.75) is 30.7 Å². The van der Waals surface area contributed by atoms with E-state index in [0.717, 1.165) is 40.9 Å². The lowest BCUT2D eigenvalue weighted by Crippen LogP contribution is -2.23. The van der Waals surface area contributed by atoms with Crippen LogP contribution in [0.4, 0.5) is 5.82 Å². The van der Waals surface area contributed by atoms with Crippen LogP contribution >= 0.6 is 11.3 Å². The van der Waals surface area contributed by atoms with Gasteiger partial charge in [-0.05, 0) is 48.6 Å². The zero-order chi connectivity index (χ0) is 22.3. The molecule has 0 fully saturated rings. The Morgan fingerprint density at radius 2 is 1.94 bits per heavy atom. The molecule has 3 heterocycles. The fourth-order valence-corrected chi connectivity index (χ4v) is 6.40. The quantitative estimate of drug-likeness (QED) is 0.461. The molecule has 1 aliphatic rings. The molecule has 4 aromatic rings. The van der Waals surface area contributed by atoms with Gasteiger partial charge in [-0.2, -0.15) is 0 Å². The van der Waals surface area contributed by atoms with E-state index in [1.165, 1.54) is 14.7 Å². The molecule has 0 saturated carbocycles. The van der Waals surface area contributed by atoms with Gasteiger partial charge in [0.25, 0.3) is 0 Å². The van der Waals surface area contributed by atoms with Crippen LogP contribution in [0.3, 0.4) is 0 Å². The Kier molecular flexibility index (Phi) is 5.40. The van der Waals surface area contributed by atoms with E-state index in [2.05, 4.69) is 10.3 Å². The Bertz CT molecular complexity index is 1400. The van der Waals surface area contributed by atoms with Crippen molar-refractivity contribution in [3.63, 3.8) is 0 Å². The Balaban J connectivity index is 1.58. The smallest absolute Gasteiger partial charge is 0.242 e. The summed E-state index contributed by atoms with van der Waals surface area (Å²) in [5, 5.41) is 4.49. The Hall–Kier alpha value is -2.88. The third-order valence-corrected chi connectivity index (χ3v) is 8.76. The van der Waals surface area contributed by atoms with Gasteiger partial charge in [-0.15, -0.1) is 11.3 Å². The van der Waals surface area contributed by atoms with Gasteiger partial charge in [0.2, 0.25) is 10.0 Å². The minimum absolute atomic E-state index is 0.297. The predicted molar refractivity (Wildman–Crippen MR) is 127 cm³/mol. The average Bonchev–Trinajstić information content (AvgIpc) is 3.39. The molecule has 0 saturated heterocycles. The van der Waals surface area contributed by atoms with Crippen LogP contribution in [0.2, 0.25) is 0 Å². The first-order chi connectivity index (χ1) is 15.4. The number of thiophene rings is 1. The lowest BCUT2D eigenvalue weighted by Gasteiger charge is -2.16. The van der Waals surface area contributed by atoms with E-state index in [9.17, 15) is 8.42 Å². The second-order valence-corrected chi connectivity index (χ2v) is 11.1. The molecule has 1 aromatic carbocycles. The van der Waals surface area contributed by atoms with E-state index in [0.29, 0.717) is 22.8 Å². The third-order valence-electron chi connectivity index (χ3n) is 5.66. The van der Waals surface area contributed by atoms with E-state index in [4.69, 9.17) is 9.97 Å². The highest BCUT2D eigenvalue weighted by Crippen LogP contribution is 2.40. The van der Waals surface area contributed by atoms with E-state index in [1.54, 1.807) is 50.0 Å². The maximum absolute atomic E-state index is 12.8. The van der Waals surface area contributed by atoms with Crippen LogP contribution in [0.1, 0.15) is 22.4 Å². The van der Waals surface area contributed by atoms with Crippen molar-refractivity contribution in [2.24, 2.45) is 0 Å². The van der Waals surface area contributed by atoms with E-state index in [1.807, 2.05) is 24.3 Å². The molecule has 0 atom stereocenters. The maximum atomic E-state index is 12.8. The van der Waals surface area contributed by atoms with Gasteiger partial charge < -0.3 is 5.32 Å². The molecular weight excluding hydrogens is 442 g/mol. The molecule has 0 radical (unpaired) electrons. The highest BCUT2D eigenvalue weighted by atomic mass is 32.2. The molecule has 164 valence electrons. The van der Waals surface area contributed by atoms with Gasteiger partial charge in [-0.1, -0.05) is 18.2 Å². The highest BCUT2D eigenvalue weighted by Gasteiger charge is 2.24. The second-order valence-electron chi connectivity index (χ2n) is 7.92. The minimum atomic E-state index is -3.55. The standard InChI is InChI=1S/C23H23N5O2S2/c1-28(2)32(29,30)19-11-4-3-7-15(19)14-25-22-20-17-9-5-10-18(17)31-23(20)27-21(26-22)16-8-6-12-24-13-16/h3-4,6-8,11-13H,5,9-10,14H2,1-2H3,(H,25,26,27). The molecule has 1 aliphatic carbocycles. The van der Waals surface area contributed by atoms with Crippen LogP contribution in [0, 0.1) is 0 Å². The van der Waals surface area contributed by atoms with Crippen LogP contribution < -0.4 is 5.32 Å². The lowest BCUT2D eigenvalue weighted by atomic mass is 10.1. The van der Waals surface area contributed by atoms with Gasteiger partial charge >= 0.3 is 0 Å². The van der Waals surface area contributed by atoms with Gasteiger partial charge in [0, 0.05) is 43.5 Å². The van der Waals surface area contributed by atoms with E-state index >= 15 is 0 Å². The number of nitrogens with one attached hydrogen (secondary N) is 1. The summed E-state index contributed by atoms with van der Waals surface area (Å²) in [6.07, 6.45) is 6.71. The number of aryl methyl sites for hydroxylation is 2. The molecular formula is C23H23N5O2S2. The van der Waals surface area contributed by atoms with Gasteiger partial charge in [-0.25, -0.2) is 22.7 Å². The molecule has 0 aliphatic heterocycles. The van der Waals surface area contributed by atoms with Crippen LogP contribution in [-0.2, 0) is 29.4 Å². The summed E-state index contributed by atoms with van der Waals surface area (Å²) in [6.45, 7) is 0.340. The number of rotatable bonds is 6. The Morgan fingerprint density at radius 3 is 2.72 bits per heavy atom. The number of anilines is 1. The van der Waals surface area contributed by atoms with Crippen LogP contribution in [0.15, 0.2) is 53.7 Å². The van der Waals surface area contributed by atoms with E-state index < -0.39 is 10.0 Å². The van der Waals surface area contributed by atoms with Crippen molar-refractivity contribution in [3.05, 3.63) is 64.8 Å². The van der Waals surface area contributed by atoms with Gasteiger partial charge in [-0.3, -0.25) is 4.98 Å². The van der Waals surface area contributed by atoms with Crippen LogP contribution in [0.5, 0.6) is 0 Å². The number of fused-ring (bicyclic) bond motifs is 3. The highest BCUT2D eigenvalue weighted by molar-refractivity contribution is 7.89. The summed E-state index contributed by atoms with van der Waals surface area (Å²) in [7, 11) is -0.462. The first-order valence-corrected chi connectivity index (χ1v) is 12.7. The summed E-state index contributed by atoms with van der Waals surface area (Å²) >= 11 is 1.73. The van der Waals surface area contributed by atoms with Crippen molar-refractivity contribution < 1.29 is 8.42 Å². The average molecular weight is 466 g/mol. The number of hydrogen-bond donors (Lipinski definition) is 1. The molecule has 32 heavy (non-hydrogen) atoms. The minimum Gasteiger partial charge on any atom is -0.365 e. The number of hydrogen-bond acceptors (Lipinski definition) is 7. The second kappa shape index (κ2) is 8.23. The number of benzene rings is 1. The van der Waals surface area contributed by atoms with Crippen molar-refractivity contribution in [1.82, 2.24) is 19.3 Å². The lowest BCUT2D eigenvalue weighted by molar-refractivity contribution is 0.520. The summed E-state index contributed by atoms with van der Waals surface area (Å²) < 4.78 is 26.8. The summed E-state index contributed by atoms with van der Waals surface area (Å²) in [5.74, 6) is 1.35. The molecule has 0 spiro atoms. The van der Waals surface area contributed by atoms with Crippen LogP contribution in [-0.4, -0.2) is 41.8 Å². The largest absolute Gasteiger partial charge is 0.365 e. The van der Waals surface area contributed by atoms with Gasteiger partial charge in [0.1, 0.15) is 10.6 Å². The van der Waals surface area contributed by atoms with Crippen molar-refractivity contribution >= 4 is 37.4 Å². The molecule has 7 nitrogen and oxygen atoms in total. The number of pyridine rings is 1. The molecule has 1 N–H and O–H groups in total. The maximum Gasteiger partial charge on any atom is 0.242 e. The van der Waals surface area contributed by atoms with Crippen molar-refractivity contribution in [3.8, 4) is 11.4 Å². The number of sulfonamides is 1. The molecule has 0 unspecified atom stereocenters. The summed E-state index contributed by atoms with van der Waals surface area (Å²) in [6, 6.07) is 10.9. The SMILES string of the molecule is CN(C)S(=O)(=O)c1ccccc1CNc1nc(-c2cccnc2)nc2sc3c(c12)CCC3. The zero-order valence-corrected chi connectivity index (χ0v) is 19.5. The van der Waals surface area contributed by atoms with Crippen LogP contribution in [0.25, 0.3) is 21.6 Å². The first kappa shape index (κ1) is 21.0. The van der Waals surface area contributed by atoms with Crippen molar-refractivity contribution in [2.75, 3.05) is 19.4 Å². The summed E-state index contributed by atoms with van der Waals surface area (Å²) in [4.78, 5) is 16.5. The molecule has 5 rings (SSSR count). The van der Waals surface area contributed by atoms with Crippen molar-refractivity contribution in [1.29, 1.82) is 0 Å². The van der Waals surface area contributed by atoms with E-state index in [-0.39, 0.29) is 0 Å². The Morgan fingerprint density at radius 1 is 1.09 bits per heavy atom. The third kappa shape index (κ3) is 3.66. The zero-order valence-electron chi connectivity index (χ0n) is 17.9. The fourth-order valence-electron chi connectivity index (χ4n) is 4.03. The number of nitrogens with zero attached hydrogens (tertiary/aromatic N) is 4. The molecule has 3 aromatic heterocycles. The normalized spacial score (nSPS) is 13.6. The molecule has 0 bridgehead atoms. The van der Waals surface area contributed by atoms with Gasteiger partial charge in [0.15, 0.2) is 5.82 Å².